The molecule has 0 fully saturated rings. The summed E-state index contributed by atoms with van der Waals surface area (Å²) in [6.45, 7) is 6.22. The molecule has 2 aromatic carbocycles. The third-order valence-electron chi connectivity index (χ3n) is 3.79. The second kappa shape index (κ2) is 9.06. The van der Waals surface area contributed by atoms with Gasteiger partial charge in [0.25, 0.3) is 5.91 Å². The molecule has 0 radical (unpaired) electrons. The van der Waals surface area contributed by atoms with E-state index in [9.17, 15) is 31.2 Å². The number of anilines is 1. The fraction of sp³-hybridized carbons (Fsp3) is 0.300. The molecule has 0 spiro atoms. The van der Waals surface area contributed by atoms with Crippen molar-refractivity contribution in [3.63, 3.8) is 0 Å². The summed E-state index contributed by atoms with van der Waals surface area (Å²) in [5.41, 5.74) is -1.35. The van der Waals surface area contributed by atoms with Crippen molar-refractivity contribution in [2.45, 2.75) is 44.2 Å². The van der Waals surface area contributed by atoms with Gasteiger partial charge in [0.2, 0.25) is 10.0 Å². The summed E-state index contributed by atoms with van der Waals surface area (Å²) in [7, 11) is -3.80. The minimum absolute atomic E-state index is 0.0339. The molecule has 1 amide bonds. The Labute approximate surface area is 177 Å². The zero-order chi connectivity index (χ0) is 23.6. The van der Waals surface area contributed by atoms with Gasteiger partial charge in [0.05, 0.1) is 16.1 Å². The van der Waals surface area contributed by atoms with Gasteiger partial charge in [-0.1, -0.05) is 0 Å². The Bertz CT molecular complexity index is 1100. The Kier molecular flexibility index (Phi) is 7.12. The largest absolute Gasteiger partial charge is 0.449 e. The molecule has 0 aliphatic heterocycles. The Hall–Kier alpha value is -2.92. The number of hydrogen-bond donors (Lipinski definition) is 2. The molecule has 0 bridgehead atoms. The molecule has 0 saturated heterocycles. The van der Waals surface area contributed by atoms with E-state index in [-0.39, 0.29) is 10.5 Å². The molecule has 2 rings (SSSR count). The van der Waals surface area contributed by atoms with E-state index in [0.717, 1.165) is 6.07 Å². The molecule has 168 valence electrons. The van der Waals surface area contributed by atoms with E-state index < -0.39 is 56.7 Å². The first-order chi connectivity index (χ1) is 14.2. The summed E-state index contributed by atoms with van der Waals surface area (Å²) in [5, 5.41) is 2.00. The maximum Gasteiger partial charge on any atom is 0.338 e. The van der Waals surface area contributed by atoms with Crippen molar-refractivity contribution in [1.82, 2.24) is 4.72 Å². The summed E-state index contributed by atoms with van der Waals surface area (Å²) in [6.07, 6.45) is -1.41. The third kappa shape index (κ3) is 6.28. The van der Waals surface area contributed by atoms with E-state index in [4.69, 9.17) is 4.74 Å². The second-order valence-corrected chi connectivity index (χ2v) is 9.32. The van der Waals surface area contributed by atoms with Gasteiger partial charge in [-0.2, -0.15) is 0 Å². The van der Waals surface area contributed by atoms with Gasteiger partial charge in [0, 0.05) is 5.54 Å². The maximum atomic E-state index is 13.7. The van der Waals surface area contributed by atoms with Crippen LogP contribution < -0.4 is 10.0 Å². The minimum atomic E-state index is -3.80. The summed E-state index contributed by atoms with van der Waals surface area (Å²) in [6, 6.07) is 6.27. The summed E-state index contributed by atoms with van der Waals surface area (Å²) in [4.78, 5) is 24.2. The Balaban J connectivity index is 2.06. The number of ether oxygens (including phenoxy) is 1. The van der Waals surface area contributed by atoms with Crippen LogP contribution in [-0.4, -0.2) is 31.9 Å². The van der Waals surface area contributed by atoms with Gasteiger partial charge in [0.15, 0.2) is 23.6 Å². The molecule has 2 N–H and O–H groups in total. The van der Waals surface area contributed by atoms with Gasteiger partial charge < -0.3 is 10.1 Å². The smallest absolute Gasteiger partial charge is 0.338 e. The van der Waals surface area contributed by atoms with Crippen molar-refractivity contribution in [3.8, 4) is 0 Å². The van der Waals surface area contributed by atoms with Crippen molar-refractivity contribution in [2.75, 3.05) is 5.32 Å². The van der Waals surface area contributed by atoms with Crippen LogP contribution in [0.1, 0.15) is 38.1 Å². The first kappa shape index (κ1) is 24.4. The highest BCUT2D eigenvalue weighted by Crippen LogP contribution is 2.20. The molecular weight excluding hydrogens is 437 g/mol. The molecule has 7 nitrogen and oxygen atoms in total. The Morgan fingerprint density at radius 1 is 0.968 bits per heavy atom. The lowest BCUT2D eigenvalue weighted by Crippen LogP contribution is -2.40. The molecule has 1 atom stereocenters. The first-order valence-electron chi connectivity index (χ1n) is 9.00. The number of amides is 1. The second-order valence-electron chi connectivity index (χ2n) is 7.64. The highest BCUT2D eigenvalue weighted by atomic mass is 32.2. The number of sulfonamides is 1. The van der Waals surface area contributed by atoms with Crippen LogP contribution in [0.3, 0.4) is 0 Å². The van der Waals surface area contributed by atoms with E-state index in [0.29, 0.717) is 6.07 Å². The first-order valence-corrected chi connectivity index (χ1v) is 10.5. The fourth-order valence-corrected chi connectivity index (χ4v) is 3.79. The lowest BCUT2D eigenvalue weighted by molar-refractivity contribution is -0.123. The molecule has 0 heterocycles. The van der Waals surface area contributed by atoms with Crippen molar-refractivity contribution >= 4 is 27.6 Å². The molecule has 11 heteroatoms. The van der Waals surface area contributed by atoms with Crippen LogP contribution in [0.4, 0.5) is 18.9 Å². The quantitative estimate of drug-likeness (QED) is 0.511. The molecule has 0 aliphatic carbocycles. The van der Waals surface area contributed by atoms with Crippen molar-refractivity contribution < 1.29 is 35.9 Å². The Morgan fingerprint density at radius 3 is 2.10 bits per heavy atom. The summed E-state index contributed by atoms with van der Waals surface area (Å²) >= 11 is 0. The zero-order valence-corrected chi connectivity index (χ0v) is 17.9. The monoisotopic (exact) mass is 458 g/mol. The van der Waals surface area contributed by atoms with Gasteiger partial charge >= 0.3 is 5.97 Å². The number of carbonyl (C=O) groups excluding carboxylic acids is 2. The van der Waals surface area contributed by atoms with E-state index >= 15 is 0 Å². The van der Waals surface area contributed by atoms with E-state index in [2.05, 4.69) is 4.72 Å². The highest BCUT2D eigenvalue weighted by molar-refractivity contribution is 7.89. The van der Waals surface area contributed by atoms with Crippen molar-refractivity contribution in [1.29, 1.82) is 0 Å². The lowest BCUT2D eigenvalue weighted by atomic mass is 10.1. The minimum Gasteiger partial charge on any atom is -0.449 e. The van der Waals surface area contributed by atoms with Crippen LogP contribution in [-0.2, 0) is 19.6 Å². The molecule has 0 aromatic heterocycles. The molecule has 31 heavy (non-hydrogen) atoms. The molecule has 0 aliphatic rings. The predicted octanol–water partition coefficient (Wildman–Crippen LogP) is 3.36. The number of hydrogen-bond acceptors (Lipinski definition) is 5. The van der Waals surface area contributed by atoms with Crippen molar-refractivity contribution in [2.24, 2.45) is 0 Å². The molecule has 2 aromatic rings. The summed E-state index contributed by atoms with van der Waals surface area (Å²) in [5.74, 6) is -6.68. The normalized spacial score (nSPS) is 12.9. The van der Waals surface area contributed by atoms with Gasteiger partial charge in [-0.25, -0.2) is 31.1 Å². The summed E-state index contributed by atoms with van der Waals surface area (Å²) < 4.78 is 71.9. The van der Waals surface area contributed by atoms with Crippen LogP contribution in [0, 0.1) is 17.5 Å². The zero-order valence-electron chi connectivity index (χ0n) is 17.1. The van der Waals surface area contributed by atoms with Crippen molar-refractivity contribution in [3.05, 3.63) is 59.4 Å². The number of benzene rings is 2. The standard InChI is InChI=1S/C20H21F3N2O5S/c1-11(18(26)24-15-10-9-14(21)16(22)17(15)23)30-19(27)12-5-7-13(8-6-12)31(28,29)25-20(2,3)4/h5-11,25H,1-4H3,(H,24,26). The fourth-order valence-electron chi connectivity index (χ4n) is 2.37. The molecular formula is C20H21F3N2O5S. The molecule has 1 unspecified atom stereocenters. The molecule has 0 saturated carbocycles. The number of halogens is 3. The predicted molar refractivity (Wildman–Crippen MR) is 106 cm³/mol. The SMILES string of the molecule is CC(OC(=O)c1ccc(S(=O)(=O)NC(C)(C)C)cc1)C(=O)Nc1ccc(F)c(F)c1F. The number of carbonyl (C=O) groups is 2. The topological polar surface area (TPSA) is 102 Å². The lowest BCUT2D eigenvalue weighted by Gasteiger charge is -2.20. The number of esters is 1. The van der Waals surface area contributed by atoms with E-state index in [1.54, 1.807) is 20.8 Å². The van der Waals surface area contributed by atoms with Crippen LogP contribution in [0.15, 0.2) is 41.3 Å². The average Bonchev–Trinajstić information content (AvgIpc) is 2.66. The van der Waals surface area contributed by atoms with E-state index in [1.807, 2.05) is 5.32 Å². The maximum absolute atomic E-state index is 13.7. The van der Waals surface area contributed by atoms with Crippen LogP contribution in [0.5, 0.6) is 0 Å². The van der Waals surface area contributed by atoms with Gasteiger partial charge in [-0.15, -0.1) is 0 Å². The van der Waals surface area contributed by atoms with Crippen LogP contribution in [0.2, 0.25) is 0 Å². The highest BCUT2D eigenvalue weighted by Gasteiger charge is 2.24. The number of nitrogens with one attached hydrogen (secondary N) is 2. The van der Waals surface area contributed by atoms with Crippen LogP contribution >= 0.6 is 0 Å². The average molecular weight is 458 g/mol. The van der Waals surface area contributed by atoms with Crippen LogP contribution in [0.25, 0.3) is 0 Å². The van der Waals surface area contributed by atoms with Gasteiger partial charge in [-0.3, -0.25) is 4.79 Å². The number of rotatable bonds is 6. The third-order valence-corrected chi connectivity index (χ3v) is 5.56. The van der Waals surface area contributed by atoms with Gasteiger partial charge in [-0.05, 0) is 64.1 Å². The van der Waals surface area contributed by atoms with E-state index in [1.165, 1.54) is 31.2 Å². The van der Waals surface area contributed by atoms with Gasteiger partial charge in [0.1, 0.15) is 0 Å². The Morgan fingerprint density at radius 2 is 1.55 bits per heavy atom.